The molecule has 1 fully saturated rings. The Morgan fingerprint density at radius 3 is 2.62 bits per heavy atom. The Hall–Kier alpha value is -2.33. The molecule has 4 nitrogen and oxygen atoms in total. The van der Waals surface area contributed by atoms with E-state index in [1.165, 1.54) is 24.8 Å². The van der Waals surface area contributed by atoms with Crippen molar-refractivity contribution in [2.24, 2.45) is 10.4 Å². The number of rotatable bonds is 3. The van der Waals surface area contributed by atoms with Gasteiger partial charge in [0.05, 0.1) is 17.8 Å². The summed E-state index contributed by atoms with van der Waals surface area (Å²) >= 11 is 6.15. The quantitative estimate of drug-likeness (QED) is 0.721. The largest absolute Gasteiger partial charge is 0.345 e. The van der Waals surface area contributed by atoms with Crippen LogP contribution in [0, 0.1) is 5.41 Å². The predicted molar refractivity (Wildman–Crippen MR) is 120 cm³/mol. The Kier molecular flexibility index (Phi) is 5.64. The highest BCUT2D eigenvalue weighted by atomic mass is 35.5. The monoisotopic (exact) mass is 409 g/mol. The maximum absolute atomic E-state index is 12.7. The van der Waals surface area contributed by atoms with Crippen molar-refractivity contribution in [2.45, 2.75) is 45.1 Å². The van der Waals surface area contributed by atoms with Gasteiger partial charge in [-0.25, -0.2) is 0 Å². The lowest BCUT2D eigenvalue weighted by molar-refractivity contribution is 0.0828. The lowest BCUT2D eigenvalue weighted by atomic mass is 9.67. The van der Waals surface area contributed by atoms with Gasteiger partial charge in [0.15, 0.2) is 0 Å². The Bertz CT molecular complexity index is 945. The molecule has 1 N–H and O–H groups in total. The van der Waals surface area contributed by atoms with Crippen LogP contribution in [-0.2, 0) is 13.0 Å². The second-order valence-corrected chi connectivity index (χ2v) is 8.91. The number of anilines is 1. The fourth-order valence-electron chi connectivity index (χ4n) is 4.67. The minimum absolute atomic E-state index is 0.0168. The molecule has 29 heavy (non-hydrogen) atoms. The van der Waals surface area contributed by atoms with Gasteiger partial charge < -0.3 is 10.2 Å². The third kappa shape index (κ3) is 4.04. The van der Waals surface area contributed by atoms with Crippen molar-refractivity contribution in [3.63, 3.8) is 0 Å². The first-order valence-corrected chi connectivity index (χ1v) is 10.8. The summed E-state index contributed by atoms with van der Waals surface area (Å²) in [5.41, 5.74) is 4.01. The number of carbonyl (C=O) groups is 1. The fraction of sp³-hybridized carbons (Fsp3) is 0.417. The Balaban J connectivity index is 1.73. The first-order chi connectivity index (χ1) is 14.0. The minimum atomic E-state index is 0.0168. The summed E-state index contributed by atoms with van der Waals surface area (Å²) in [5, 5.41) is 4.35. The number of hydrogen-bond acceptors (Lipinski definition) is 2. The number of hydrogen-bond donors (Lipinski definition) is 1. The van der Waals surface area contributed by atoms with E-state index in [4.69, 9.17) is 16.6 Å². The fourth-order valence-corrected chi connectivity index (χ4v) is 4.88. The van der Waals surface area contributed by atoms with Gasteiger partial charge in [-0.1, -0.05) is 55.1 Å². The van der Waals surface area contributed by atoms with Crippen LogP contribution < -0.4 is 5.32 Å². The van der Waals surface area contributed by atoms with Crippen molar-refractivity contribution in [3.8, 4) is 0 Å². The normalized spacial score (nSPS) is 18.9. The van der Waals surface area contributed by atoms with E-state index >= 15 is 0 Å². The average molecular weight is 410 g/mol. The average Bonchev–Trinajstić information content (AvgIpc) is 2.72. The van der Waals surface area contributed by atoms with E-state index in [1.54, 1.807) is 19.0 Å². The van der Waals surface area contributed by atoms with Crippen molar-refractivity contribution in [3.05, 3.63) is 64.2 Å². The van der Waals surface area contributed by atoms with Crippen LogP contribution in [0.25, 0.3) is 0 Å². The van der Waals surface area contributed by atoms with Crippen LogP contribution in [0.4, 0.5) is 5.69 Å². The van der Waals surface area contributed by atoms with Gasteiger partial charge >= 0.3 is 0 Å². The zero-order chi connectivity index (χ0) is 20.4. The topological polar surface area (TPSA) is 44.7 Å². The van der Waals surface area contributed by atoms with E-state index < -0.39 is 0 Å². The Labute approximate surface area is 178 Å². The van der Waals surface area contributed by atoms with Crippen molar-refractivity contribution < 1.29 is 4.79 Å². The van der Waals surface area contributed by atoms with E-state index in [1.807, 2.05) is 30.3 Å². The van der Waals surface area contributed by atoms with Crippen LogP contribution in [0.1, 0.15) is 53.6 Å². The summed E-state index contributed by atoms with van der Waals surface area (Å²) in [6, 6.07) is 13.9. The third-order valence-corrected chi connectivity index (χ3v) is 6.42. The molecule has 1 aliphatic heterocycles. The molecule has 0 saturated heterocycles. The number of carbonyl (C=O) groups excluding carboxylic acids is 1. The molecule has 2 aliphatic rings. The minimum Gasteiger partial charge on any atom is -0.345 e. The predicted octanol–water partition coefficient (Wildman–Crippen LogP) is 5.56. The third-order valence-electron chi connectivity index (χ3n) is 6.18. The van der Waals surface area contributed by atoms with E-state index in [-0.39, 0.29) is 11.3 Å². The van der Waals surface area contributed by atoms with Gasteiger partial charge in [-0.2, -0.15) is 0 Å². The second kappa shape index (κ2) is 8.19. The zero-order valence-electron chi connectivity index (χ0n) is 17.2. The molecule has 1 amide bonds. The maximum atomic E-state index is 12.7. The molecule has 5 heteroatoms. The Morgan fingerprint density at radius 1 is 1.14 bits per heavy atom. The molecule has 4 rings (SSSR count). The number of nitrogens with zero attached hydrogens (tertiary/aromatic N) is 2. The van der Waals surface area contributed by atoms with Crippen LogP contribution in [0.5, 0.6) is 0 Å². The van der Waals surface area contributed by atoms with Gasteiger partial charge in [0.2, 0.25) is 0 Å². The number of para-hydroxylation sites is 1. The van der Waals surface area contributed by atoms with Gasteiger partial charge in [0, 0.05) is 24.5 Å². The van der Waals surface area contributed by atoms with Gasteiger partial charge in [-0.3, -0.25) is 9.79 Å². The van der Waals surface area contributed by atoms with E-state index in [9.17, 15) is 4.79 Å². The van der Waals surface area contributed by atoms with Gasteiger partial charge in [-0.05, 0) is 48.6 Å². The van der Waals surface area contributed by atoms with Crippen LogP contribution in [0.15, 0.2) is 47.5 Å². The number of amides is 1. The number of benzene rings is 2. The molecule has 1 aliphatic carbocycles. The highest BCUT2D eigenvalue weighted by Crippen LogP contribution is 2.46. The number of halogens is 1. The van der Waals surface area contributed by atoms with E-state index in [0.29, 0.717) is 12.1 Å². The van der Waals surface area contributed by atoms with Crippen molar-refractivity contribution in [2.75, 3.05) is 19.4 Å². The molecule has 1 spiro atoms. The van der Waals surface area contributed by atoms with E-state index in [2.05, 4.69) is 17.4 Å². The number of amidine groups is 1. The first-order valence-electron chi connectivity index (χ1n) is 10.4. The molecule has 0 bridgehead atoms. The maximum Gasteiger partial charge on any atom is 0.255 e. The van der Waals surface area contributed by atoms with Gasteiger partial charge in [0.1, 0.15) is 5.84 Å². The molecule has 2 aromatic carbocycles. The van der Waals surface area contributed by atoms with Crippen LogP contribution in [-0.4, -0.2) is 30.7 Å². The molecular weight excluding hydrogens is 382 g/mol. The number of nitrogens with one attached hydrogen (secondary N) is 1. The Morgan fingerprint density at radius 2 is 1.90 bits per heavy atom. The van der Waals surface area contributed by atoms with Crippen molar-refractivity contribution in [1.29, 1.82) is 0 Å². The molecule has 0 aromatic heterocycles. The highest BCUT2D eigenvalue weighted by molar-refractivity contribution is 6.30. The summed E-state index contributed by atoms with van der Waals surface area (Å²) in [6.07, 6.45) is 6.96. The molecule has 0 radical (unpaired) electrons. The molecule has 152 valence electrons. The van der Waals surface area contributed by atoms with Crippen LogP contribution in [0.3, 0.4) is 0 Å². The standard InChI is InChI=1S/C24H28ClN3O/c1-28(2)22(29)20-11-7-9-18-15-24(12-4-3-5-13-24)23(27-21(18)20)26-16-17-8-6-10-19(25)14-17/h6-11,14H,3-5,12-13,15-16H2,1-2H3,(H,26,27). The van der Waals surface area contributed by atoms with Crippen molar-refractivity contribution >= 4 is 29.0 Å². The van der Waals surface area contributed by atoms with Gasteiger partial charge in [0.25, 0.3) is 5.91 Å². The summed E-state index contributed by atoms with van der Waals surface area (Å²) in [4.78, 5) is 19.4. The first kappa shape index (κ1) is 20.0. The number of fused-ring (bicyclic) bond motifs is 1. The molecular formula is C24H28ClN3O. The molecule has 0 atom stereocenters. The van der Waals surface area contributed by atoms with Crippen LogP contribution >= 0.6 is 11.6 Å². The lowest BCUT2D eigenvalue weighted by Gasteiger charge is -2.43. The molecule has 1 heterocycles. The summed E-state index contributed by atoms with van der Waals surface area (Å²) in [5.74, 6) is 1.05. The van der Waals surface area contributed by atoms with Crippen LogP contribution in [0.2, 0.25) is 5.02 Å². The molecule has 1 saturated carbocycles. The SMILES string of the molecule is CN(C)C(=O)c1cccc2c1NC(=NCc1cccc(Cl)c1)C1(CCCCC1)C2. The lowest BCUT2D eigenvalue weighted by Crippen LogP contribution is -2.44. The summed E-state index contributed by atoms with van der Waals surface area (Å²) in [6.45, 7) is 0.587. The molecule has 0 unspecified atom stereocenters. The molecule has 2 aromatic rings. The smallest absolute Gasteiger partial charge is 0.255 e. The zero-order valence-corrected chi connectivity index (χ0v) is 17.9. The number of aliphatic imine (C=N–C) groups is 1. The highest BCUT2D eigenvalue weighted by Gasteiger charge is 2.42. The summed E-state index contributed by atoms with van der Waals surface area (Å²) in [7, 11) is 3.59. The summed E-state index contributed by atoms with van der Waals surface area (Å²) < 4.78 is 0. The van der Waals surface area contributed by atoms with Gasteiger partial charge in [-0.15, -0.1) is 0 Å². The second-order valence-electron chi connectivity index (χ2n) is 8.48. The van der Waals surface area contributed by atoms with Crippen molar-refractivity contribution in [1.82, 2.24) is 4.90 Å². The van der Waals surface area contributed by atoms with E-state index in [0.717, 1.165) is 41.4 Å².